The van der Waals surface area contributed by atoms with Gasteiger partial charge in [-0.05, 0) is 43.9 Å². The predicted octanol–water partition coefficient (Wildman–Crippen LogP) is 3.48. The molecule has 3 heteroatoms. The highest BCUT2D eigenvalue weighted by Gasteiger charge is 2.21. The fourth-order valence-corrected chi connectivity index (χ4v) is 3.02. The van der Waals surface area contributed by atoms with E-state index in [2.05, 4.69) is 0 Å². The molecule has 0 radical (unpaired) electrons. The number of hydrogen-bond acceptors (Lipinski definition) is 2. The van der Waals surface area contributed by atoms with Gasteiger partial charge in [-0.1, -0.05) is 18.2 Å². The number of phenolic OH excluding ortho intramolecular Hbond substituents is 1. The fraction of sp³-hybridized carbons (Fsp3) is 0.353. The molecule has 0 unspecified atom stereocenters. The first kappa shape index (κ1) is 13.0. The van der Waals surface area contributed by atoms with Gasteiger partial charge in [-0.25, -0.2) is 0 Å². The van der Waals surface area contributed by atoms with Gasteiger partial charge in [0, 0.05) is 29.4 Å². The predicted molar refractivity (Wildman–Crippen MR) is 80.1 cm³/mol. The SMILES string of the molecule is Cc1cccc2c(O)ccc(C(=O)N3CCCCC3)c12. The molecule has 1 aliphatic rings. The Kier molecular flexibility index (Phi) is 3.35. The Labute approximate surface area is 118 Å². The number of likely N-dealkylation sites (tertiary alicyclic amines) is 1. The number of benzene rings is 2. The summed E-state index contributed by atoms with van der Waals surface area (Å²) in [6, 6.07) is 9.13. The van der Waals surface area contributed by atoms with Crippen molar-refractivity contribution in [3.8, 4) is 5.75 Å². The van der Waals surface area contributed by atoms with Crippen LogP contribution in [-0.4, -0.2) is 29.0 Å². The van der Waals surface area contributed by atoms with E-state index in [4.69, 9.17) is 0 Å². The number of aryl methyl sites for hydroxylation is 1. The van der Waals surface area contributed by atoms with Crippen molar-refractivity contribution in [2.75, 3.05) is 13.1 Å². The Hall–Kier alpha value is -2.03. The summed E-state index contributed by atoms with van der Waals surface area (Å²) in [5.74, 6) is 0.322. The summed E-state index contributed by atoms with van der Waals surface area (Å²) in [7, 11) is 0. The number of carbonyl (C=O) groups excluding carboxylic acids is 1. The Morgan fingerprint density at radius 2 is 1.85 bits per heavy atom. The minimum absolute atomic E-state index is 0.0870. The van der Waals surface area contributed by atoms with Crippen LogP contribution in [0.4, 0.5) is 0 Å². The van der Waals surface area contributed by atoms with Crippen molar-refractivity contribution >= 4 is 16.7 Å². The lowest BCUT2D eigenvalue weighted by Gasteiger charge is -2.27. The lowest BCUT2D eigenvalue weighted by atomic mass is 9.97. The molecule has 0 bridgehead atoms. The van der Waals surface area contributed by atoms with E-state index >= 15 is 0 Å². The van der Waals surface area contributed by atoms with Gasteiger partial charge in [0.25, 0.3) is 5.91 Å². The van der Waals surface area contributed by atoms with Crippen LogP contribution < -0.4 is 0 Å². The molecule has 104 valence electrons. The molecule has 2 aromatic rings. The fourth-order valence-electron chi connectivity index (χ4n) is 3.02. The Morgan fingerprint density at radius 3 is 2.60 bits per heavy atom. The Bertz CT molecular complexity index is 657. The van der Waals surface area contributed by atoms with Crippen LogP contribution in [0, 0.1) is 6.92 Å². The topological polar surface area (TPSA) is 40.5 Å². The smallest absolute Gasteiger partial charge is 0.254 e. The standard InChI is InChI=1S/C17H19NO2/c1-12-6-5-7-13-15(19)9-8-14(16(12)13)17(20)18-10-3-2-4-11-18/h5-9,19H,2-4,10-11H2,1H3. The van der Waals surface area contributed by atoms with Crippen LogP contribution >= 0.6 is 0 Å². The summed E-state index contributed by atoms with van der Waals surface area (Å²) < 4.78 is 0. The highest BCUT2D eigenvalue weighted by molar-refractivity contribution is 6.09. The maximum Gasteiger partial charge on any atom is 0.254 e. The molecular formula is C17H19NO2. The third kappa shape index (κ3) is 2.13. The van der Waals surface area contributed by atoms with Crippen molar-refractivity contribution in [3.63, 3.8) is 0 Å². The number of fused-ring (bicyclic) bond motifs is 1. The number of amides is 1. The van der Waals surface area contributed by atoms with E-state index in [0.29, 0.717) is 5.56 Å². The maximum absolute atomic E-state index is 12.7. The van der Waals surface area contributed by atoms with Crippen LogP contribution in [0.2, 0.25) is 0 Å². The van der Waals surface area contributed by atoms with Gasteiger partial charge in [-0.15, -0.1) is 0 Å². The maximum atomic E-state index is 12.7. The summed E-state index contributed by atoms with van der Waals surface area (Å²) in [5.41, 5.74) is 1.73. The zero-order chi connectivity index (χ0) is 14.1. The van der Waals surface area contributed by atoms with Gasteiger partial charge in [0.05, 0.1) is 0 Å². The van der Waals surface area contributed by atoms with Crippen molar-refractivity contribution in [1.29, 1.82) is 0 Å². The van der Waals surface area contributed by atoms with Crippen molar-refractivity contribution in [2.24, 2.45) is 0 Å². The monoisotopic (exact) mass is 269 g/mol. The summed E-state index contributed by atoms with van der Waals surface area (Å²) in [4.78, 5) is 14.7. The van der Waals surface area contributed by atoms with Crippen LogP contribution in [0.5, 0.6) is 5.75 Å². The molecule has 0 spiro atoms. The molecular weight excluding hydrogens is 250 g/mol. The number of phenols is 1. The zero-order valence-corrected chi connectivity index (χ0v) is 11.7. The van der Waals surface area contributed by atoms with Gasteiger partial charge in [0.2, 0.25) is 0 Å². The Morgan fingerprint density at radius 1 is 1.10 bits per heavy atom. The van der Waals surface area contributed by atoms with Crippen molar-refractivity contribution in [3.05, 3.63) is 41.5 Å². The van der Waals surface area contributed by atoms with Crippen LogP contribution in [0.3, 0.4) is 0 Å². The molecule has 0 saturated carbocycles. The molecule has 20 heavy (non-hydrogen) atoms. The molecule has 1 amide bonds. The van der Waals surface area contributed by atoms with Crippen LogP contribution in [0.1, 0.15) is 35.2 Å². The average Bonchev–Trinajstić information content (AvgIpc) is 2.49. The molecule has 1 fully saturated rings. The summed E-state index contributed by atoms with van der Waals surface area (Å²) in [6.07, 6.45) is 3.38. The third-order valence-corrected chi connectivity index (χ3v) is 4.10. The van der Waals surface area contributed by atoms with Crippen LogP contribution in [0.15, 0.2) is 30.3 Å². The highest BCUT2D eigenvalue weighted by atomic mass is 16.3. The molecule has 0 aliphatic carbocycles. The number of rotatable bonds is 1. The van der Waals surface area contributed by atoms with Crippen molar-refractivity contribution in [2.45, 2.75) is 26.2 Å². The van der Waals surface area contributed by atoms with Crippen LogP contribution in [-0.2, 0) is 0 Å². The number of nitrogens with zero attached hydrogens (tertiary/aromatic N) is 1. The quantitative estimate of drug-likeness (QED) is 0.861. The van der Waals surface area contributed by atoms with E-state index in [-0.39, 0.29) is 11.7 Å². The molecule has 0 atom stereocenters. The van der Waals surface area contributed by atoms with E-state index in [1.807, 2.05) is 30.0 Å². The third-order valence-electron chi connectivity index (χ3n) is 4.10. The molecule has 1 N–H and O–H groups in total. The average molecular weight is 269 g/mol. The van der Waals surface area contributed by atoms with Crippen molar-refractivity contribution < 1.29 is 9.90 Å². The second-order valence-electron chi connectivity index (χ2n) is 5.48. The highest BCUT2D eigenvalue weighted by Crippen LogP contribution is 2.31. The number of aromatic hydroxyl groups is 1. The van der Waals surface area contributed by atoms with E-state index in [1.165, 1.54) is 6.42 Å². The summed E-state index contributed by atoms with van der Waals surface area (Å²) >= 11 is 0. The van der Waals surface area contributed by atoms with E-state index < -0.39 is 0 Å². The van der Waals surface area contributed by atoms with Gasteiger partial charge >= 0.3 is 0 Å². The summed E-state index contributed by atoms with van der Waals surface area (Å²) in [5, 5.41) is 11.6. The second kappa shape index (κ2) is 5.16. The molecule has 3 nitrogen and oxygen atoms in total. The first-order valence-electron chi connectivity index (χ1n) is 7.19. The number of carbonyl (C=O) groups is 1. The molecule has 1 saturated heterocycles. The second-order valence-corrected chi connectivity index (χ2v) is 5.48. The molecule has 1 aliphatic heterocycles. The molecule has 1 heterocycles. The van der Waals surface area contributed by atoms with Gasteiger partial charge in [0.1, 0.15) is 5.75 Å². The van der Waals surface area contributed by atoms with E-state index in [9.17, 15) is 9.90 Å². The van der Waals surface area contributed by atoms with Gasteiger partial charge in [-0.3, -0.25) is 4.79 Å². The first-order chi connectivity index (χ1) is 9.68. The molecule has 0 aromatic heterocycles. The van der Waals surface area contributed by atoms with Gasteiger partial charge in [-0.2, -0.15) is 0 Å². The van der Waals surface area contributed by atoms with Gasteiger partial charge < -0.3 is 10.0 Å². The molecule has 2 aromatic carbocycles. The lowest BCUT2D eigenvalue weighted by Crippen LogP contribution is -2.35. The Balaban J connectivity index is 2.11. The van der Waals surface area contributed by atoms with Crippen molar-refractivity contribution in [1.82, 2.24) is 4.90 Å². The minimum Gasteiger partial charge on any atom is -0.507 e. The van der Waals surface area contributed by atoms with Gasteiger partial charge in [0.15, 0.2) is 0 Å². The summed E-state index contributed by atoms with van der Waals surface area (Å²) in [6.45, 7) is 3.66. The number of hydrogen-bond donors (Lipinski definition) is 1. The normalized spacial score (nSPS) is 15.6. The largest absolute Gasteiger partial charge is 0.507 e. The minimum atomic E-state index is 0.0870. The van der Waals surface area contributed by atoms with E-state index in [0.717, 1.165) is 42.3 Å². The number of piperidine rings is 1. The first-order valence-corrected chi connectivity index (χ1v) is 7.19. The van der Waals surface area contributed by atoms with E-state index in [1.54, 1.807) is 12.1 Å². The molecule has 3 rings (SSSR count). The zero-order valence-electron chi connectivity index (χ0n) is 11.7. The van der Waals surface area contributed by atoms with Crippen LogP contribution in [0.25, 0.3) is 10.8 Å². The lowest BCUT2D eigenvalue weighted by molar-refractivity contribution is 0.0726.